The van der Waals surface area contributed by atoms with E-state index in [-0.39, 0.29) is 11.9 Å². The SMILES string of the molecule is COc1cc(-c2ccc[nH]2)[nH]c1/C=C1\N=C(C)C(C(=O)NC(C)C)=C1C. The van der Waals surface area contributed by atoms with Crippen molar-refractivity contribution in [2.75, 3.05) is 7.11 Å². The topological polar surface area (TPSA) is 82.3 Å². The summed E-state index contributed by atoms with van der Waals surface area (Å²) < 4.78 is 5.49. The summed E-state index contributed by atoms with van der Waals surface area (Å²) in [6.45, 7) is 7.66. The number of carbonyl (C=O) groups is 1. The monoisotopic (exact) mass is 352 g/mol. The Hall–Kier alpha value is -3.02. The molecule has 0 fully saturated rings. The fourth-order valence-electron chi connectivity index (χ4n) is 3.04. The third-order valence-electron chi connectivity index (χ3n) is 4.26. The number of hydrogen-bond acceptors (Lipinski definition) is 3. The number of H-pyrrole nitrogens is 2. The molecule has 6 nitrogen and oxygen atoms in total. The molecular formula is C20H24N4O2. The number of nitrogens with zero attached hydrogens (tertiary/aromatic N) is 1. The van der Waals surface area contributed by atoms with Crippen molar-refractivity contribution >= 4 is 17.7 Å². The van der Waals surface area contributed by atoms with Crippen LogP contribution in [0.5, 0.6) is 5.75 Å². The maximum Gasteiger partial charge on any atom is 0.253 e. The second kappa shape index (κ2) is 7.07. The number of aromatic nitrogens is 2. The van der Waals surface area contributed by atoms with Gasteiger partial charge in [-0.1, -0.05) is 0 Å². The summed E-state index contributed by atoms with van der Waals surface area (Å²) in [7, 11) is 1.64. The van der Waals surface area contributed by atoms with Crippen molar-refractivity contribution in [3.63, 3.8) is 0 Å². The Morgan fingerprint density at radius 3 is 2.69 bits per heavy atom. The predicted molar refractivity (Wildman–Crippen MR) is 104 cm³/mol. The summed E-state index contributed by atoms with van der Waals surface area (Å²) in [6, 6.07) is 5.95. The lowest BCUT2D eigenvalue weighted by atomic mass is 10.0. The van der Waals surface area contributed by atoms with E-state index < -0.39 is 0 Å². The number of hydrogen-bond donors (Lipinski definition) is 3. The molecule has 2 aromatic heterocycles. The summed E-state index contributed by atoms with van der Waals surface area (Å²) >= 11 is 0. The predicted octanol–water partition coefficient (Wildman–Crippen LogP) is 3.67. The minimum absolute atomic E-state index is 0.0792. The van der Waals surface area contributed by atoms with Crippen molar-refractivity contribution in [1.82, 2.24) is 15.3 Å². The number of aliphatic imine (C=N–C) groups is 1. The molecule has 3 heterocycles. The maximum atomic E-state index is 12.4. The van der Waals surface area contributed by atoms with Crippen molar-refractivity contribution in [2.24, 2.45) is 4.99 Å². The molecule has 0 atom stereocenters. The average molecular weight is 352 g/mol. The van der Waals surface area contributed by atoms with E-state index in [0.717, 1.165) is 39.8 Å². The molecule has 6 heteroatoms. The molecule has 0 aliphatic carbocycles. The molecule has 0 aromatic carbocycles. The molecule has 2 aromatic rings. The van der Waals surface area contributed by atoms with E-state index in [0.29, 0.717) is 5.57 Å². The molecule has 26 heavy (non-hydrogen) atoms. The molecule has 3 N–H and O–H groups in total. The Kier molecular flexibility index (Phi) is 4.84. The quantitative estimate of drug-likeness (QED) is 0.767. The highest BCUT2D eigenvalue weighted by Gasteiger charge is 2.24. The van der Waals surface area contributed by atoms with Gasteiger partial charge in [-0.15, -0.1) is 0 Å². The van der Waals surface area contributed by atoms with Gasteiger partial charge in [0.2, 0.25) is 0 Å². The molecular weight excluding hydrogens is 328 g/mol. The van der Waals surface area contributed by atoms with Crippen LogP contribution in [0.3, 0.4) is 0 Å². The van der Waals surface area contributed by atoms with E-state index >= 15 is 0 Å². The van der Waals surface area contributed by atoms with Crippen molar-refractivity contribution in [3.05, 3.63) is 46.9 Å². The van der Waals surface area contributed by atoms with Crippen molar-refractivity contribution < 1.29 is 9.53 Å². The number of allylic oxidation sites excluding steroid dienone is 1. The normalized spacial score (nSPS) is 15.8. The fraction of sp³-hybridized carbons (Fsp3) is 0.300. The van der Waals surface area contributed by atoms with Crippen molar-refractivity contribution in [1.29, 1.82) is 0 Å². The van der Waals surface area contributed by atoms with Gasteiger partial charge < -0.3 is 20.0 Å². The Morgan fingerprint density at radius 1 is 1.31 bits per heavy atom. The summed E-state index contributed by atoms with van der Waals surface area (Å²) in [6.07, 6.45) is 3.79. The van der Waals surface area contributed by atoms with Gasteiger partial charge in [0.25, 0.3) is 5.91 Å². The highest BCUT2D eigenvalue weighted by molar-refractivity contribution is 6.24. The lowest BCUT2D eigenvalue weighted by molar-refractivity contribution is -0.117. The summed E-state index contributed by atoms with van der Waals surface area (Å²) in [5, 5.41) is 2.93. The number of methoxy groups -OCH3 is 1. The van der Waals surface area contributed by atoms with Crippen LogP contribution in [-0.4, -0.2) is 34.7 Å². The van der Waals surface area contributed by atoms with Crippen LogP contribution in [0.1, 0.15) is 33.4 Å². The fourth-order valence-corrected chi connectivity index (χ4v) is 3.04. The van der Waals surface area contributed by atoms with E-state index in [1.165, 1.54) is 0 Å². The molecule has 3 rings (SSSR count). The van der Waals surface area contributed by atoms with Crippen LogP contribution in [0, 0.1) is 0 Å². The number of amides is 1. The number of rotatable bonds is 5. The molecule has 1 aliphatic heterocycles. The first-order chi connectivity index (χ1) is 12.4. The molecule has 1 aliphatic rings. The highest BCUT2D eigenvalue weighted by Crippen LogP contribution is 2.32. The smallest absolute Gasteiger partial charge is 0.253 e. The van der Waals surface area contributed by atoms with Gasteiger partial charge in [-0.25, -0.2) is 0 Å². The summed E-state index contributed by atoms with van der Waals surface area (Å²) in [5.41, 5.74) is 5.70. The van der Waals surface area contributed by atoms with Gasteiger partial charge in [0.05, 0.1) is 41.2 Å². The van der Waals surface area contributed by atoms with Gasteiger partial charge in [0.15, 0.2) is 0 Å². The average Bonchev–Trinajstić information content (AvgIpc) is 3.27. The van der Waals surface area contributed by atoms with E-state index in [9.17, 15) is 4.79 Å². The van der Waals surface area contributed by atoms with Gasteiger partial charge in [0.1, 0.15) is 5.75 Å². The standard InChI is InChI=1S/C20H24N4O2/c1-11(2)22-20(25)19-12(3)15(23-13(19)4)9-17-18(26-5)10-16(24-17)14-7-6-8-21-14/h6-11,21,24H,1-5H3,(H,22,25)/b15-9-. The largest absolute Gasteiger partial charge is 0.494 e. The minimum atomic E-state index is -0.0901. The Balaban J connectivity index is 1.98. The Labute approximate surface area is 153 Å². The molecule has 0 saturated carbocycles. The number of carbonyl (C=O) groups excluding carboxylic acids is 1. The van der Waals surface area contributed by atoms with Gasteiger partial charge in [-0.2, -0.15) is 0 Å². The van der Waals surface area contributed by atoms with Crippen LogP contribution >= 0.6 is 0 Å². The van der Waals surface area contributed by atoms with Crippen LogP contribution < -0.4 is 10.1 Å². The molecule has 136 valence electrons. The van der Waals surface area contributed by atoms with Crippen LogP contribution in [0.2, 0.25) is 0 Å². The van der Waals surface area contributed by atoms with E-state index in [1.54, 1.807) is 7.11 Å². The molecule has 0 unspecified atom stereocenters. The number of aromatic amines is 2. The lowest BCUT2D eigenvalue weighted by Gasteiger charge is -2.10. The van der Waals surface area contributed by atoms with Gasteiger partial charge in [0, 0.05) is 18.3 Å². The van der Waals surface area contributed by atoms with E-state index in [2.05, 4.69) is 20.3 Å². The molecule has 1 amide bonds. The second-order valence-corrected chi connectivity index (χ2v) is 6.60. The molecule has 0 saturated heterocycles. The zero-order valence-electron chi connectivity index (χ0n) is 15.7. The third-order valence-corrected chi connectivity index (χ3v) is 4.26. The molecule has 0 spiro atoms. The zero-order chi connectivity index (χ0) is 18.8. The maximum absolute atomic E-state index is 12.4. The summed E-state index contributed by atoms with van der Waals surface area (Å²) in [4.78, 5) is 23.5. The van der Waals surface area contributed by atoms with Crippen molar-refractivity contribution in [3.8, 4) is 17.1 Å². The number of nitrogens with one attached hydrogen (secondary N) is 3. The van der Waals surface area contributed by atoms with E-state index in [4.69, 9.17) is 4.74 Å². The molecule has 0 radical (unpaired) electrons. The third kappa shape index (κ3) is 3.35. The second-order valence-electron chi connectivity index (χ2n) is 6.60. The van der Waals surface area contributed by atoms with Crippen LogP contribution in [-0.2, 0) is 4.79 Å². The molecule has 0 bridgehead atoms. The first-order valence-corrected chi connectivity index (χ1v) is 8.61. The highest BCUT2D eigenvalue weighted by atomic mass is 16.5. The summed E-state index contributed by atoms with van der Waals surface area (Å²) in [5.74, 6) is 0.635. The van der Waals surface area contributed by atoms with Gasteiger partial charge >= 0.3 is 0 Å². The minimum Gasteiger partial charge on any atom is -0.494 e. The van der Waals surface area contributed by atoms with Crippen LogP contribution in [0.15, 0.2) is 46.2 Å². The van der Waals surface area contributed by atoms with Crippen LogP contribution in [0.4, 0.5) is 0 Å². The lowest BCUT2D eigenvalue weighted by Crippen LogP contribution is -2.33. The van der Waals surface area contributed by atoms with E-state index in [1.807, 2.05) is 58.2 Å². The first-order valence-electron chi connectivity index (χ1n) is 8.61. The number of ether oxygens (including phenoxy) is 1. The van der Waals surface area contributed by atoms with Gasteiger partial charge in [-0.3, -0.25) is 9.79 Å². The first kappa shape index (κ1) is 17.8. The Bertz CT molecular complexity index is 912. The van der Waals surface area contributed by atoms with Crippen molar-refractivity contribution in [2.45, 2.75) is 33.7 Å². The zero-order valence-corrected chi connectivity index (χ0v) is 15.7. The van der Waals surface area contributed by atoms with Crippen LogP contribution in [0.25, 0.3) is 17.5 Å². The van der Waals surface area contributed by atoms with Gasteiger partial charge in [-0.05, 0) is 51.5 Å². The Morgan fingerprint density at radius 2 is 2.08 bits per heavy atom.